The summed E-state index contributed by atoms with van der Waals surface area (Å²) in [6, 6.07) is 6.32. The Morgan fingerprint density at radius 1 is 1.10 bits per heavy atom. The number of piperidine rings is 1. The number of aliphatic carboxylic acids is 1. The van der Waals surface area contributed by atoms with Gasteiger partial charge < -0.3 is 19.5 Å². The van der Waals surface area contributed by atoms with Gasteiger partial charge >= 0.3 is 5.97 Å². The second kappa shape index (κ2) is 12.5. The van der Waals surface area contributed by atoms with Crippen LogP contribution in [0.5, 0.6) is 5.88 Å². The van der Waals surface area contributed by atoms with Crippen molar-refractivity contribution in [3.63, 3.8) is 0 Å². The van der Waals surface area contributed by atoms with Crippen molar-refractivity contribution in [2.24, 2.45) is 5.41 Å². The SMILES string of the molecule is CCC(C)(C)OC(C(=O)O)c1c(C)ncc(-c2cnc(OCCc3ccc(F)cc3)cn2)c1N1CCC(C)(C)CC1. The molecule has 3 heterocycles. The minimum atomic E-state index is -1.19. The van der Waals surface area contributed by atoms with E-state index in [1.54, 1.807) is 30.7 Å². The van der Waals surface area contributed by atoms with Crippen LogP contribution in [-0.4, -0.2) is 51.3 Å². The van der Waals surface area contributed by atoms with Crippen LogP contribution in [0.4, 0.5) is 10.1 Å². The van der Waals surface area contributed by atoms with Gasteiger partial charge in [0.25, 0.3) is 0 Å². The lowest BCUT2D eigenvalue weighted by molar-refractivity contribution is -0.162. The smallest absolute Gasteiger partial charge is 0.337 e. The number of pyridine rings is 1. The average molecular weight is 565 g/mol. The normalized spacial score (nSPS) is 15.9. The number of carboxylic acids is 1. The first-order valence-electron chi connectivity index (χ1n) is 14.2. The predicted octanol–water partition coefficient (Wildman–Crippen LogP) is 6.56. The molecule has 1 atom stereocenters. The molecule has 2 aromatic heterocycles. The lowest BCUT2D eigenvalue weighted by Crippen LogP contribution is -2.39. The standard InChI is InChI=1S/C32H41FN4O4/c1-7-32(5,6)41-29(30(38)39)27-21(2)34-18-24(28(27)37-15-13-31(3,4)14-16-37)25-19-36-26(20-35-25)40-17-12-22-8-10-23(33)11-9-22/h8-11,18-20,29H,7,12-17H2,1-6H3,(H,38,39). The molecule has 1 N–H and O–H groups in total. The number of hydrogen-bond donors (Lipinski definition) is 1. The first-order valence-corrected chi connectivity index (χ1v) is 14.2. The Bertz CT molecular complexity index is 1330. The fraction of sp³-hybridized carbons (Fsp3) is 0.500. The molecule has 1 unspecified atom stereocenters. The van der Waals surface area contributed by atoms with Gasteiger partial charge in [-0.15, -0.1) is 0 Å². The fourth-order valence-electron chi connectivity index (χ4n) is 4.88. The Kier molecular flexibility index (Phi) is 9.27. The van der Waals surface area contributed by atoms with E-state index in [-0.39, 0.29) is 11.2 Å². The summed E-state index contributed by atoms with van der Waals surface area (Å²) in [7, 11) is 0. The van der Waals surface area contributed by atoms with Crippen LogP contribution in [0.15, 0.2) is 42.9 Å². The van der Waals surface area contributed by atoms with Crippen LogP contribution in [0.2, 0.25) is 0 Å². The van der Waals surface area contributed by atoms with Crippen molar-refractivity contribution in [3.8, 4) is 17.1 Å². The average Bonchev–Trinajstić information content (AvgIpc) is 2.93. The number of carbonyl (C=O) groups is 1. The number of benzene rings is 1. The van der Waals surface area contributed by atoms with Gasteiger partial charge in [-0.05, 0) is 63.1 Å². The van der Waals surface area contributed by atoms with Crippen LogP contribution in [-0.2, 0) is 16.0 Å². The van der Waals surface area contributed by atoms with E-state index in [1.807, 2.05) is 27.7 Å². The molecule has 0 amide bonds. The molecule has 9 heteroatoms. The number of aryl methyl sites for hydroxylation is 1. The topological polar surface area (TPSA) is 97.7 Å². The molecule has 1 aliphatic rings. The van der Waals surface area contributed by atoms with Crippen molar-refractivity contribution < 1.29 is 23.8 Å². The second-order valence-electron chi connectivity index (χ2n) is 12.1. The number of ether oxygens (including phenoxy) is 2. The highest BCUT2D eigenvalue weighted by Gasteiger charge is 2.36. The van der Waals surface area contributed by atoms with Crippen LogP contribution in [0, 0.1) is 18.2 Å². The Morgan fingerprint density at radius 2 is 1.78 bits per heavy atom. The number of halogens is 1. The zero-order valence-electron chi connectivity index (χ0n) is 24.9. The quantitative estimate of drug-likeness (QED) is 0.279. The van der Waals surface area contributed by atoms with Gasteiger partial charge in [-0.1, -0.05) is 32.9 Å². The van der Waals surface area contributed by atoms with E-state index in [4.69, 9.17) is 9.47 Å². The van der Waals surface area contributed by atoms with Crippen molar-refractivity contribution in [2.45, 2.75) is 78.9 Å². The third kappa shape index (κ3) is 7.58. The van der Waals surface area contributed by atoms with Crippen molar-refractivity contribution in [1.29, 1.82) is 0 Å². The third-order valence-electron chi connectivity index (χ3n) is 7.95. The fourth-order valence-corrected chi connectivity index (χ4v) is 4.88. The van der Waals surface area contributed by atoms with E-state index in [0.717, 1.165) is 37.2 Å². The van der Waals surface area contributed by atoms with E-state index in [2.05, 4.69) is 33.7 Å². The van der Waals surface area contributed by atoms with Gasteiger partial charge in [0.05, 0.1) is 36.0 Å². The van der Waals surface area contributed by atoms with Gasteiger partial charge in [0.2, 0.25) is 5.88 Å². The summed E-state index contributed by atoms with van der Waals surface area (Å²) >= 11 is 0. The Hall–Kier alpha value is -3.59. The van der Waals surface area contributed by atoms with Crippen LogP contribution in [0.25, 0.3) is 11.3 Å². The minimum Gasteiger partial charge on any atom is -0.479 e. The molecule has 1 fully saturated rings. The molecule has 0 bridgehead atoms. The molecular formula is C32H41FN4O4. The maximum atomic E-state index is 13.2. The number of aromatic nitrogens is 3. The van der Waals surface area contributed by atoms with Crippen molar-refractivity contribution >= 4 is 11.7 Å². The molecule has 220 valence electrons. The third-order valence-corrected chi connectivity index (χ3v) is 7.95. The molecule has 0 radical (unpaired) electrons. The lowest BCUT2D eigenvalue weighted by atomic mass is 9.82. The number of hydrogen-bond acceptors (Lipinski definition) is 7. The molecule has 0 saturated carbocycles. The highest BCUT2D eigenvalue weighted by atomic mass is 19.1. The maximum Gasteiger partial charge on any atom is 0.337 e. The molecule has 4 rings (SSSR count). The molecule has 41 heavy (non-hydrogen) atoms. The van der Waals surface area contributed by atoms with Crippen LogP contribution < -0.4 is 9.64 Å². The summed E-state index contributed by atoms with van der Waals surface area (Å²) in [4.78, 5) is 28.6. The summed E-state index contributed by atoms with van der Waals surface area (Å²) in [5, 5.41) is 10.4. The van der Waals surface area contributed by atoms with Gasteiger partial charge in [0.15, 0.2) is 6.10 Å². The lowest BCUT2D eigenvalue weighted by Gasteiger charge is -2.40. The molecule has 1 aromatic carbocycles. The highest BCUT2D eigenvalue weighted by Crippen LogP contribution is 2.43. The molecule has 0 spiro atoms. The largest absolute Gasteiger partial charge is 0.479 e. The number of carboxylic acid groups (broad SMARTS) is 1. The number of anilines is 1. The number of nitrogens with zero attached hydrogens (tertiary/aromatic N) is 4. The minimum absolute atomic E-state index is 0.207. The van der Waals surface area contributed by atoms with Crippen LogP contribution >= 0.6 is 0 Å². The molecule has 8 nitrogen and oxygen atoms in total. The summed E-state index contributed by atoms with van der Waals surface area (Å²) in [6.07, 6.45) is 6.96. The van der Waals surface area contributed by atoms with E-state index in [0.29, 0.717) is 47.8 Å². The molecule has 3 aromatic rings. The van der Waals surface area contributed by atoms with Crippen LogP contribution in [0.1, 0.15) is 76.8 Å². The second-order valence-corrected chi connectivity index (χ2v) is 12.1. The first kappa shape index (κ1) is 30.4. The monoisotopic (exact) mass is 564 g/mol. The zero-order valence-corrected chi connectivity index (χ0v) is 24.9. The van der Waals surface area contributed by atoms with Gasteiger partial charge in [0, 0.05) is 42.5 Å². The van der Waals surface area contributed by atoms with Gasteiger partial charge in [0.1, 0.15) is 5.82 Å². The van der Waals surface area contributed by atoms with Crippen molar-refractivity contribution in [3.05, 3.63) is 65.5 Å². The maximum absolute atomic E-state index is 13.2. The molecular weight excluding hydrogens is 523 g/mol. The van der Waals surface area contributed by atoms with E-state index in [1.165, 1.54) is 12.1 Å². The summed E-state index contributed by atoms with van der Waals surface area (Å²) in [5.41, 5.74) is 3.76. The Morgan fingerprint density at radius 3 is 2.37 bits per heavy atom. The predicted molar refractivity (Wildman–Crippen MR) is 157 cm³/mol. The molecule has 1 saturated heterocycles. The first-order chi connectivity index (χ1) is 19.4. The van der Waals surface area contributed by atoms with Crippen LogP contribution in [0.3, 0.4) is 0 Å². The number of rotatable bonds is 11. The van der Waals surface area contributed by atoms with E-state index in [9.17, 15) is 14.3 Å². The van der Waals surface area contributed by atoms with Crippen molar-refractivity contribution in [1.82, 2.24) is 15.0 Å². The van der Waals surface area contributed by atoms with Gasteiger partial charge in [-0.2, -0.15) is 0 Å². The van der Waals surface area contributed by atoms with Gasteiger partial charge in [-0.25, -0.2) is 19.2 Å². The van der Waals surface area contributed by atoms with E-state index >= 15 is 0 Å². The zero-order chi connectivity index (χ0) is 29.8. The Labute approximate surface area is 242 Å². The summed E-state index contributed by atoms with van der Waals surface area (Å²) in [5.74, 6) is -0.954. The molecule has 0 aliphatic carbocycles. The molecule has 1 aliphatic heterocycles. The Balaban J connectivity index is 1.68. The van der Waals surface area contributed by atoms with Crippen molar-refractivity contribution in [2.75, 3.05) is 24.6 Å². The summed E-state index contributed by atoms with van der Waals surface area (Å²) < 4.78 is 25.2. The highest BCUT2D eigenvalue weighted by molar-refractivity contribution is 5.85. The van der Waals surface area contributed by atoms with E-state index < -0.39 is 17.7 Å². The van der Waals surface area contributed by atoms with Gasteiger partial charge in [-0.3, -0.25) is 4.98 Å². The summed E-state index contributed by atoms with van der Waals surface area (Å²) in [6.45, 7) is 14.1.